The average molecular weight is 316 g/mol. The van der Waals surface area contributed by atoms with Gasteiger partial charge in [0.05, 0.1) is 11.7 Å². The third-order valence-corrected chi connectivity index (χ3v) is 3.45. The van der Waals surface area contributed by atoms with E-state index in [1.54, 1.807) is 12.1 Å². The van der Waals surface area contributed by atoms with Crippen LogP contribution >= 0.6 is 0 Å². The summed E-state index contributed by atoms with van der Waals surface area (Å²) in [5, 5.41) is 3.29. The van der Waals surface area contributed by atoms with Gasteiger partial charge in [-0.1, -0.05) is 12.1 Å². The fourth-order valence-electron chi connectivity index (χ4n) is 2.42. The second-order valence-electron chi connectivity index (χ2n) is 5.56. The first-order chi connectivity index (χ1) is 11.0. The molecule has 23 heavy (non-hydrogen) atoms. The number of pyridine rings is 1. The van der Waals surface area contributed by atoms with Crippen LogP contribution in [0.2, 0.25) is 0 Å². The Kier molecular flexibility index (Phi) is 4.14. The van der Waals surface area contributed by atoms with Crippen molar-refractivity contribution in [1.29, 1.82) is 0 Å². The molecule has 120 valence electrons. The van der Waals surface area contributed by atoms with Crippen LogP contribution in [-0.2, 0) is 11.2 Å². The number of anilines is 1. The Morgan fingerprint density at radius 2 is 2.17 bits per heavy atom. The molecule has 1 aliphatic rings. The second kappa shape index (κ2) is 6.24. The van der Waals surface area contributed by atoms with Gasteiger partial charge in [-0.2, -0.15) is 4.98 Å². The van der Waals surface area contributed by atoms with Crippen molar-refractivity contribution in [2.75, 3.05) is 11.9 Å². The Bertz CT molecular complexity index is 731. The monoisotopic (exact) mass is 316 g/mol. The summed E-state index contributed by atoms with van der Waals surface area (Å²) in [5.41, 5.74) is 2.39. The Labute approximate surface area is 133 Å². The Balaban J connectivity index is 1.96. The van der Waals surface area contributed by atoms with Crippen LogP contribution in [0.15, 0.2) is 30.3 Å². The molecule has 1 aliphatic heterocycles. The number of aromatic nitrogens is 1. The van der Waals surface area contributed by atoms with E-state index in [4.69, 9.17) is 9.47 Å². The summed E-state index contributed by atoms with van der Waals surface area (Å²) in [6, 6.07) is 8.21. The van der Waals surface area contributed by atoms with Crippen LogP contribution in [0.25, 0.3) is 0 Å². The number of rotatable bonds is 3. The van der Waals surface area contributed by atoms with Crippen molar-refractivity contribution < 1.29 is 18.7 Å². The maximum atomic E-state index is 13.0. The average Bonchev–Trinajstić information content (AvgIpc) is 2.50. The van der Waals surface area contributed by atoms with Crippen molar-refractivity contribution in [3.8, 4) is 11.8 Å². The molecule has 0 bridgehead atoms. The van der Waals surface area contributed by atoms with Crippen molar-refractivity contribution >= 4 is 11.7 Å². The molecule has 0 saturated heterocycles. The summed E-state index contributed by atoms with van der Waals surface area (Å²) in [6.45, 7) is 3.82. The molecule has 5 nitrogen and oxygen atoms in total. The Morgan fingerprint density at radius 3 is 2.87 bits per heavy atom. The predicted molar refractivity (Wildman–Crippen MR) is 83.3 cm³/mol. The van der Waals surface area contributed by atoms with Gasteiger partial charge < -0.3 is 14.8 Å². The molecule has 0 aliphatic carbocycles. The molecule has 0 spiro atoms. The molecular formula is C17H17FN2O3. The van der Waals surface area contributed by atoms with Crippen molar-refractivity contribution in [2.45, 2.75) is 26.3 Å². The Hall–Kier alpha value is -2.63. The summed E-state index contributed by atoms with van der Waals surface area (Å²) in [5.74, 6) is -0.101. The van der Waals surface area contributed by atoms with Gasteiger partial charge in [0.2, 0.25) is 11.8 Å². The van der Waals surface area contributed by atoms with Gasteiger partial charge in [-0.3, -0.25) is 4.79 Å². The maximum absolute atomic E-state index is 13.0. The first-order valence-corrected chi connectivity index (χ1v) is 7.37. The van der Waals surface area contributed by atoms with Crippen molar-refractivity contribution in [3.05, 3.63) is 47.3 Å². The molecule has 1 atom stereocenters. The number of esters is 1. The molecule has 0 amide bonds. The number of carbonyl (C=O) groups is 1. The van der Waals surface area contributed by atoms with Crippen LogP contribution in [0, 0.1) is 5.82 Å². The third kappa shape index (κ3) is 3.59. The van der Waals surface area contributed by atoms with Crippen LogP contribution in [0.1, 0.15) is 25.0 Å². The van der Waals surface area contributed by atoms with Crippen LogP contribution in [0.3, 0.4) is 0 Å². The van der Waals surface area contributed by atoms with Crippen molar-refractivity contribution in [2.24, 2.45) is 0 Å². The number of hydrogen-bond donors (Lipinski definition) is 1. The number of halogens is 1. The molecule has 1 unspecified atom stereocenters. The topological polar surface area (TPSA) is 60.5 Å². The lowest BCUT2D eigenvalue weighted by Gasteiger charge is -2.25. The van der Waals surface area contributed by atoms with E-state index < -0.39 is 5.97 Å². The Morgan fingerprint density at radius 1 is 1.43 bits per heavy atom. The van der Waals surface area contributed by atoms with E-state index in [9.17, 15) is 9.18 Å². The lowest BCUT2D eigenvalue weighted by atomic mass is 10.1. The minimum atomic E-state index is -0.449. The van der Waals surface area contributed by atoms with Crippen molar-refractivity contribution in [1.82, 2.24) is 4.98 Å². The molecule has 2 heterocycles. The molecule has 3 rings (SSSR count). The molecule has 2 aromatic rings. The largest absolute Gasteiger partial charge is 0.474 e. The predicted octanol–water partition coefficient (Wildman–Crippen LogP) is 2.93. The van der Waals surface area contributed by atoms with Crippen LogP contribution in [0.4, 0.5) is 10.1 Å². The molecule has 1 N–H and O–H groups in total. The van der Waals surface area contributed by atoms with Gasteiger partial charge in [-0.25, -0.2) is 4.39 Å². The zero-order valence-corrected chi connectivity index (χ0v) is 12.9. The normalized spacial score (nSPS) is 16.0. The zero-order chi connectivity index (χ0) is 16.4. The number of ether oxygens (including phenoxy) is 2. The third-order valence-electron chi connectivity index (χ3n) is 3.45. The summed E-state index contributed by atoms with van der Waals surface area (Å²) in [4.78, 5) is 15.6. The highest BCUT2D eigenvalue weighted by atomic mass is 19.1. The number of nitrogens with one attached hydrogen (secondary N) is 1. The smallest absolute Gasteiger partial charge is 0.309 e. The number of nitrogens with zero attached hydrogens (tertiary/aromatic N) is 1. The first-order valence-electron chi connectivity index (χ1n) is 7.37. The molecule has 1 aromatic heterocycles. The van der Waals surface area contributed by atoms with Gasteiger partial charge in [-0.05, 0) is 30.7 Å². The maximum Gasteiger partial charge on any atom is 0.309 e. The van der Waals surface area contributed by atoms with Crippen LogP contribution in [-0.4, -0.2) is 23.6 Å². The lowest BCUT2D eigenvalue weighted by molar-refractivity contribution is -0.132. The highest BCUT2D eigenvalue weighted by Gasteiger charge is 2.21. The molecule has 1 aromatic carbocycles. The van der Waals surface area contributed by atoms with Gasteiger partial charge in [0.25, 0.3) is 0 Å². The number of carbonyl (C=O) groups excluding carboxylic acids is 1. The lowest BCUT2D eigenvalue weighted by Crippen LogP contribution is -2.29. The minimum Gasteiger partial charge on any atom is -0.474 e. The fourth-order valence-corrected chi connectivity index (χ4v) is 2.42. The van der Waals surface area contributed by atoms with E-state index >= 15 is 0 Å². The van der Waals surface area contributed by atoms with Crippen LogP contribution < -0.4 is 14.8 Å². The minimum absolute atomic E-state index is 0.169. The highest BCUT2D eigenvalue weighted by Crippen LogP contribution is 2.33. The van der Waals surface area contributed by atoms with Crippen LogP contribution in [0.5, 0.6) is 11.8 Å². The van der Waals surface area contributed by atoms with E-state index in [0.717, 1.165) is 16.8 Å². The van der Waals surface area contributed by atoms with Gasteiger partial charge >= 0.3 is 5.97 Å². The number of fused-ring (bicyclic) bond motifs is 1. The number of hydrogen-bond acceptors (Lipinski definition) is 5. The molecule has 0 fully saturated rings. The molecule has 6 heteroatoms. The second-order valence-corrected chi connectivity index (χ2v) is 5.56. The molecule has 0 radical (unpaired) electrons. The van der Waals surface area contributed by atoms with E-state index in [0.29, 0.717) is 18.9 Å². The zero-order valence-electron chi connectivity index (χ0n) is 12.9. The van der Waals surface area contributed by atoms with Gasteiger partial charge in [-0.15, -0.1) is 0 Å². The van der Waals surface area contributed by atoms with E-state index in [1.165, 1.54) is 19.1 Å². The molecular weight excluding hydrogens is 299 g/mol. The van der Waals surface area contributed by atoms with Gasteiger partial charge in [0.15, 0.2) is 0 Å². The standard InChI is InChI=1S/C17H17FN2O3/c1-10-9-22-17-15(19-10)8-13(16(20-17)23-11(2)21)7-12-3-5-14(18)6-4-12/h3-6,8,10,19H,7,9H2,1-2H3. The van der Waals surface area contributed by atoms with E-state index in [1.807, 2.05) is 13.0 Å². The summed E-state index contributed by atoms with van der Waals surface area (Å²) in [6.07, 6.45) is 0.471. The fraction of sp³-hybridized carbons (Fsp3) is 0.294. The SMILES string of the molecule is CC(=O)Oc1nc2c(cc1Cc1ccc(F)cc1)NC(C)CO2. The summed E-state index contributed by atoms with van der Waals surface area (Å²) < 4.78 is 23.8. The summed E-state index contributed by atoms with van der Waals surface area (Å²) >= 11 is 0. The first kappa shape index (κ1) is 15.3. The van der Waals surface area contributed by atoms with E-state index in [2.05, 4.69) is 10.3 Å². The van der Waals surface area contributed by atoms with Gasteiger partial charge in [0, 0.05) is 18.9 Å². The summed E-state index contributed by atoms with van der Waals surface area (Å²) in [7, 11) is 0. The highest BCUT2D eigenvalue weighted by molar-refractivity contribution is 5.70. The molecule has 0 saturated carbocycles. The quantitative estimate of drug-likeness (QED) is 0.882. The van der Waals surface area contributed by atoms with Crippen molar-refractivity contribution in [3.63, 3.8) is 0 Å². The van der Waals surface area contributed by atoms with E-state index in [-0.39, 0.29) is 17.7 Å². The van der Waals surface area contributed by atoms with Gasteiger partial charge in [0.1, 0.15) is 12.4 Å². The number of benzene rings is 1.